The summed E-state index contributed by atoms with van der Waals surface area (Å²) in [5.41, 5.74) is 3.47. The van der Waals surface area contributed by atoms with Gasteiger partial charge in [-0.15, -0.1) is 0 Å². The van der Waals surface area contributed by atoms with Gasteiger partial charge < -0.3 is 4.90 Å². The number of amides is 1. The van der Waals surface area contributed by atoms with Crippen molar-refractivity contribution >= 4 is 11.7 Å². The maximum absolute atomic E-state index is 13.1. The second-order valence-corrected chi connectivity index (χ2v) is 8.13. The van der Waals surface area contributed by atoms with Gasteiger partial charge in [0.1, 0.15) is 0 Å². The Labute approximate surface area is 184 Å². The summed E-state index contributed by atoms with van der Waals surface area (Å²) in [5, 5.41) is 0. The van der Waals surface area contributed by atoms with Gasteiger partial charge in [-0.25, -0.2) is 0 Å². The van der Waals surface area contributed by atoms with Gasteiger partial charge in [0, 0.05) is 43.9 Å². The zero-order chi connectivity index (χ0) is 21.6. The lowest BCUT2D eigenvalue weighted by atomic mass is 9.94. The molecule has 0 radical (unpaired) electrons. The molecule has 0 N–H and O–H groups in total. The molecule has 4 heteroatoms. The molecular formula is C27H28N2O2. The normalized spacial score (nSPS) is 15.5. The predicted molar refractivity (Wildman–Crippen MR) is 123 cm³/mol. The number of hydrogen-bond acceptors (Lipinski definition) is 3. The zero-order valence-corrected chi connectivity index (χ0v) is 17.9. The number of carbonyl (C=O) groups is 2. The van der Waals surface area contributed by atoms with Crippen LogP contribution in [0.15, 0.2) is 84.9 Å². The molecule has 0 spiro atoms. The Kier molecular flexibility index (Phi) is 6.58. The summed E-state index contributed by atoms with van der Waals surface area (Å²) in [4.78, 5) is 30.3. The van der Waals surface area contributed by atoms with Crippen LogP contribution in [-0.2, 0) is 11.3 Å². The van der Waals surface area contributed by atoms with Gasteiger partial charge in [-0.1, -0.05) is 78.9 Å². The van der Waals surface area contributed by atoms with Crippen LogP contribution in [-0.4, -0.2) is 47.7 Å². The second-order valence-electron chi connectivity index (χ2n) is 8.13. The van der Waals surface area contributed by atoms with E-state index in [2.05, 4.69) is 29.2 Å². The first kappa shape index (κ1) is 21.0. The Hall–Kier alpha value is -3.24. The van der Waals surface area contributed by atoms with Crippen molar-refractivity contribution in [1.29, 1.82) is 0 Å². The molecule has 1 aliphatic heterocycles. The smallest absolute Gasteiger partial charge is 0.229 e. The summed E-state index contributed by atoms with van der Waals surface area (Å²) >= 11 is 0. The van der Waals surface area contributed by atoms with Gasteiger partial charge in [0.2, 0.25) is 5.91 Å². The van der Waals surface area contributed by atoms with Gasteiger partial charge >= 0.3 is 0 Å². The van der Waals surface area contributed by atoms with E-state index in [4.69, 9.17) is 0 Å². The van der Waals surface area contributed by atoms with Gasteiger partial charge in [0.15, 0.2) is 5.78 Å². The summed E-state index contributed by atoms with van der Waals surface area (Å²) in [6, 6.07) is 27.2. The molecule has 1 heterocycles. The fraction of sp³-hybridized carbons (Fsp3) is 0.259. The molecule has 0 aromatic heterocycles. The molecule has 0 bridgehead atoms. The van der Waals surface area contributed by atoms with Crippen LogP contribution < -0.4 is 0 Å². The van der Waals surface area contributed by atoms with Crippen molar-refractivity contribution in [3.05, 3.63) is 107 Å². The van der Waals surface area contributed by atoms with E-state index in [0.717, 1.165) is 38.3 Å². The van der Waals surface area contributed by atoms with E-state index in [1.807, 2.05) is 72.5 Å². The third kappa shape index (κ3) is 5.09. The first-order valence-corrected chi connectivity index (χ1v) is 10.9. The van der Waals surface area contributed by atoms with Gasteiger partial charge in [0.25, 0.3) is 0 Å². The molecule has 1 fully saturated rings. The van der Waals surface area contributed by atoms with E-state index in [9.17, 15) is 9.59 Å². The highest BCUT2D eigenvalue weighted by molar-refractivity contribution is 6.09. The van der Waals surface area contributed by atoms with Crippen molar-refractivity contribution in [2.24, 2.45) is 0 Å². The van der Waals surface area contributed by atoms with E-state index in [1.165, 1.54) is 5.56 Å². The molecule has 1 unspecified atom stereocenters. The minimum absolute atomic E-state index is 0.0170. The van der Waals surface area contributed by atoms with Crippen molar-refractivity contribution in [2.75, 3.05) is 26.2 Å². The highest BCUT2D eigenvalue weighted by Gasteiger charge is 2.26. The fourth-order valence-corrected chi connectivity index (χ4v) is 4.09. The first-order chi connectivity index (χ1) is 15.1. The Morgan fingerprint density at radius 1 is 0.774 bits per heavy atom. The number of rotatable bonds is 6. The Bertz CT molecular complexity index is 1030. The molecule has 31 heavy (non-hydrogen) atoms. The van der Waals surface area contributed by atoms with Crippen molar-refractivity contribution in [2.45, 2.75) is 19.4 Å². The van der Waals surface area contributed by atoms with Crippen LogP contribution in [0.1, 0.15) is 39.9 Å². The lowest BCUT2D eigenvalue weighted by molar-refractivity contribution is -0.134. The summed E-state index contributed by atoms with van der Waals surface area (Å²) < 4.78 is 0. The van der Waals surface area contributed by atoms with Crippen molar-refractivity contribution in [3.8, 4) is 0 Å². The van der Waals surface area contributed by atoms with Crippen molar-refractivity contribution < 1.29 is 9.59 Å². The van der Waals surface area contributed by atoms with Gasteiger partial charge in [-0.2, -0.15) is 0 Å². The summed E-state index contributed by atoms with van der Waals surface area (Å²) in [5.74, 6) is -0.163. The molecule has 1 atom stereocenters. The van der Waals surface area contributed by atoms with Crippen molar-refractivity contribution in [1.82, 2.24) is 9.80 Å². The number of hydrogen-bond donors (Lipinski definition) is 0. The van der Waals surface area contributed by atoms with Crippen LogP contribution in [0.3, 0.4) is 0 Å². The van der Waals surface area contributed by atoms with E-state index in [-0.39, 0.29) is 17.6 Å². The third-order valence-corrected chi connectivity index (χ3v) is 5.99. The van der Waals surface area contributed by atoms with Crippen LogP contribution in [0.2, 0.25) is 0 Å². The molecule has 4 nitrogen and oxygen atoms in total. The minimum Gasteiger partial charge on any atom is -0.340 e. The average molecular weight is 413 g/mol. The average Bonchev–Trinajstić information content (AvgIpc) is 2.84. The Morgan fingerprint density at radius 2 is 1.39 bits per heavy atom. The Balaban J connectivity index is 1.38. The molecule has 3 aromatic carbocycles. The highest BCUT2D eigenvalue weighted by Crippen LogP contribution is 2.22. The van der Waals surface area contributed by atoms with Crippen LogP contribution in [0.25, 0.3) is 0 Å². The second kappa shape index (κ2) is 9.71. The summed E-state index contributed by atoms with van der Waals surface area (Å²) in [6.07, 6.45) is 0. The molecule has 1 saturated heterocycles. The predicted octanol–water partition coefficient (Wildman–Crippen LogP) is 4.37. The minimum atomic E-state index is -0.274. The third-order valence-electron chi connectivity index (χ3n) is 5.99. The summed E-state index contributed by atoms with van der Waals surface area (Å²) in [7, 11) is 0. The van der Waals surface area contributed by atoms with Crippen LogP contribution in [0.5, 0.6) is 0 Å². The topological polar surface area (TPSA) is 40.6 Å². The molecule has 0 aliphatic carbocycles. The van der Waals surface area contributed by atoms with Crippen LogP contribution >= 0.6 is 0 Å². The molecule has 1 amide bonds. The van der Waals surface area contributed by atoms with E-state index < -0.39 is 0 Å². The van der Waals surface area contributed by atoms with E-state index in [1.54, 1.807) is 0 Å². The maximum atomic E-state index is 13.1. The van der Waals surface area contributed by atoms with Crippen LogP contribution in [0.4, 0.5) is 0 Å². The Morgan fingerprint density at radius 3 is 2.06 bits per heavy atom. The monoisotopic (exact) mass is 412 g/mol. The van der Waals surface area contributed by atoms with Crippen molar-refractivity contribution in [3.63, 3.8) is 0 Å². The first-order valence-electron chi connectivity index (χ1n) is 10.9. The SMILES string of the molecule is CC(C(=O)N1CCN(Cc2ccccc2)CC1)c1cccc(C(=O)c2ccccc2)c1. The molecule has 4 rings (SSSR count). The number of piperazine rings is 1. The number of nitrogens with zero attached hydrogens (tertiary/aromatic N) is 2. The summed E-state index contributed by atoms with van der Waals surface area (Å²) in [6.45, 7) is 6.07. The lowest BCUT2D eigenvalue weighted by Gasteiger charge is -2.36. The molecule has 3 aromatic rings. The largest absolute Gasteiger partial charge is 0.340 e. The zero-order valence-electron chi connectivity index (χ0n) is 17.9. The van der Waals surface area contributed by atoms with Crippen LogP contribution in [0, 0.1) is 0 Å². The number of ketones is 1. The quantitative estimate of drug-likeness (QED) is 0.565. The van der Waals surface area contributed by atoms with E-state index >= 15 is 0 Å². The lowest BCUT2D eigenvalue weighted by Crippen LogP contribution is -2.49. The molecule has 158 valence electrons. The number of carbonyl (C=O) groups excluding carboxylic acids is 2. The molecule has 1 aliphatic rings. The fourth-order valence-electron chi connectivity index (χ4n) is 4.09. The molecular weight excluding hydrogens is 384 g/mol. The van der Waals surface area contributed by atoms with E-state index in [0.29, 0.717) is 11.1 Å². The highest BCUT2D eigenvalue weighted by atomic mass is 16.2. The maximum Gasteiger partial charge on any atom is 0.229 e. The standard InChI is InChI=1S/C27H28N2O2/c1-21(24-13-8-14-25(19-24)26(30)23-11-6-3-7-12-23)27(31)29-17-15-28(16-18-29)20-22-9-4-2-5-10-22/h2-14,19,21H,15-18,20H2,1H3. The van der Waals surface area contributed by atoms with Gasteiger partial charge in [-0.05, 0) is 24.1 Å². The van der Waals surface area contributed by atoms with Gasteiger partial charge in [0.05, 0.1) is 5.92 Å². The number of benzene rings is 3. The molecule has 0 saturated carbocycles. The van der Waals surface area contributed by atoms with Gasteiger partial charge in [-0.3, -0.25) is 14.5 Å².